The SMILES string of the molecule is CN.Cc1ncc(-c2ccc(N=Cc3ccncc3)cc2)o1.[HH]. The highest BCUT2D eigenvalue weighted by atomic mass is 16.4. The molecule has 0 saturated carbocycles. The van der Waals surface area contributed by atoms with E-state index >= 15 is 0 Å². The molecule has 0 unspecified atom stereocenters. The maximum atomic E-state index is 5.48. The van der Waals surface area contributed by atoms with Crippen LogP contribution >= 0.6 is 0 Å². The molecule has 2 aromatic heterocycles. The van der Waals surface area contributed by atoms with Gasteiger partial charge in [-0.05, 0) is 49.0 Å². The molecule has 0 atom stereocenters. The molecular weight excluding hydrogens is 276 g/mol. The minimum atomic E-state index is 0. The van der Waals surface area contributed by atoms with E-state index in [-0.39, 0.29) is 1.43 Å². The summed E-state index contributed by atoms with van der Waals surface area (Å²) in [5.74, 6) is 1.44. The smallest absolute Gasteiger partial charge is 0.191 e. The standard InChI is InChI=1S/C16H13N3O.CH5N.H2/c1-12-18-11-16(20-12)14-2-4-15(5-3-14)19-10-13-6-8-17-9-7-13;1-2;/h2-11H,1H3;2H2,1H3;1H. The van der Waals surface area contributed by atoms with Crippen LogP contribution in [0.4, 0.5) is 5.69 Å². The molecule has 2 N–H and O–H groups in total. The van der Waals surface area contributed by atoms with Gasteiger partial charge in [-0.2, -0.15) is 0 Å². The Hall–Kier alpha value is -2.79. The largest absolute Gasteiger partial charge is 0.441 e. The van der Waals surface area contributed by atoms with E-state index < -0.39 is 0 Å². The Balaban J connectivity index is 0.000000849. The first-order chi connectivity index (χ1) is 10.8. The second-order valence-electron chi connectivity index (χ2n) is 4.33. The number of aliphatic imine (C=N–C) groups is 1. The van der Waals surface area contributed by atoms with Gasteiger partial charge in [-0.1, -0.05) is 0 Å². The maximum Gasteiger partial charge on any atom is 0.191 e. The number of hydrogen-bond acceptors (Lipinski definition) is 5. The minimum absolute atomic E-state index is 0. The third-order valence-electron chi connectivity index (χ3n) is 2.84. The Kier molecular flexibility index (Phi) is 5.57. The summed E-state index contributed by atoms with van der Waals surface area (Å²) in [6.45, 7) is 1.83. The van der Waals surface area contributed by atoms with Crippen molar-refractivity contribution in [3.63, 3.8) is 0 Å². The number of hydrogen-bond donors (Lipinski definition) is 1. The Morgan fingerprint density at radius 2 is 1.77 bits per heavy atom. The van der Waals surface area contributed by atoms with Crippen LogP contribution in [-0.4, -0.2) is 23.2 Å². The molecule has 114 valence electrons. The molecule has 3 rings (SSSR count). The van der Waals surface area contributed by atoms with Crippen LogP contribution in [0.15, 0.2) is 64.4 Å². The Morgan fingerprint density at radius 1 is 1.09 bits per heavy atom. The fraction of sp³-hybridized carbons (Fsp3) is 0.118. The van der Waals surface area contributed by atoms with Gasteiger partial charge in [-0.25, -0.2) is 4.98 Å². The number of aromatic nitrogens is 2. The molecule has 0 aliphatic rings. The predicted octanol–water partition coefficient (Wildman–Crippen LogP) is 3.62. The number of aryl methyl sites for hydroxylation is 1. The van der Waals surface area contributed by atoms with Crippen molar-refractivity contribution in [2.75, 3.05) is 7.05 Å². The van der Waals surface area contributed by atoms with E-state index in [2.05, 4.69) is 20.7 Å². The molecule has 1 aromatic carbocycles. The van der Waals surface area contributed by atoms with Gasteiger partial charge in [0.1, 0.15) is 0 Å². The van der Waals surface area contributed by atoms with Gasteiger partial charge in [-0.15, -0.1) is 0 Å². The quantitative estimate of drug-likeness (QED) is 0.749. The number of benzene rings is 1. The van der Waals surface area contributed by atoms with Gasteiger partial charge < -0.3 is 10.2 Å². The first kappa shape index (κ1) is 15.6. The topological polar surface area (TPSA) is 77.3 Å². The van der Waals surface area contributed by atoms with Crippen LogP contribution in [0.5, 0.6) is 0 Å². The normalized spacial score (nSPS) is 10.3. The van der Waals surface area contributed by atoms with Crippen LogP contribution in [0.2, 0.25) is 0 Å². The molecule has 5 heteroatoms. The summed E-state index contributed by atoms with van der Waals surface area (Å²) < 4.78 is 5.48. The van der Waals surface area contributed by atoms with Gasteiger partial charge in [0.15, 0.2) is 11.7 Å². The second kappa shape index (κ2) is 7.85. The summed E-state index contributed by atoms with van der Waals surface area (Å²) >= 11 is 0. The number of pyridine rings is 1. The van der Waals surface area contributed by atoms with Crippen LogP contribution < -0.4 is 5.73 Å². The lowest BCUT2D eigenvalue weighted by molar-refractivity contribution is 0.534. The number of oxazole rings is 1. The van der Waals surface area contributed by atoms with Gasteiger partial charge in [0.25, 0.3) is 0 Å². The van der Waals surface area contributed by atoms with Crippen LogP contribution in [0.3, 0.4) is 0 Å². The molecule has 0 amide bonds. The van der Waals surface area contributed by atoms with Crippen LogP contribution in [0.1, 0.15) is 12.9 Å². The molecule has 0 bridgehead atoms. The Labute approximate surface area is 131 Å². The minimum Gasteiger partial charge on any atom is -0.441 e. The molecule has 5 nitrogen and oxygen atoms in total. The van der Waals surface area contributed by atoms with Crippen molar-refractivity contribution < 1.29 is 5.84 Å². The molecule has 0 saturated heterocycles. The van der Waals surface area contributed by atoms with Crippen molar-refractivity contribution in [1.82, 2.24) is 9.97 Å². The van der Waals surface area contributed by atoms with Crippen molar-refractivity contribution in [1.29, 1.82) is 0 Å². The van der Waals surface area contributed by atoms with Crippen molar-refractivity contribution in [3.05, 3.63) is 66.4 Å². The van der Waals surface area contributed by atoms with Crippen molar-refractivity contribution in [2.24, 2.45) is 10.7 Å². The van der Waals surface area contributed by atoms with Crippen LogP contribution in [0.25, 0.3) is 11.3 Å². The van der Waals surface area contributed by atoms with Crippen molar-refractivity contribution >= 4 is 11.9 Å². The molecular formula is C17H20N4O. The molecule has 0 aliphatic carbocycles. The van der Waals surface area contributed by atoms with Gasteiger partial charge in [0, 0.05) is 32.5 Å². The van der Waals surface area contributed by atoms with E-state index in [9.17, 15) is 0 Å². The first-order valence-electron chi connectivity index (χ1n) is 6.86. The fourth-order valence-corrected chi connectivity index (χ4v) is 1.81. The third kappa shape index (κ3) is 4.10. The highest BCUT2D eigenvalue weighted by Crippen LogP contribution is 2.23. The molecule has 0 aliphatic heterocycles. The van der Waals surface area contributed by atoms with Gasteiger partial charge in [-0.3, -0.25) is 9.98 Å². The monoisotopic (exact) mass is 296 g/mol. The zero-order chi connectivity index (χ0) is 15.8. The summed E-state index contributed by atoms with van der Waals surface area (Å²) in [6, 6.07) is 11.7. The van der Waals surface area contributed by atoms with Crippen LogP contribution in [0, 0.1) is 6.92 Å². The molecule has 3 aromatic rings. The molecule has 0 fully saturated rings. The van der Waals surface area contributed by atoms with Gasteiger partial charge in [0.2, 0.25) is 0 Å². The highest BCUT2D eigenvalue weighted by molar-refractivity contribution is 5.81. The Morgan fingerprint density at radius 3 is 2.36 bits per heavy atom. The van der Waals surface area contributed by atoms with Gasteiger partial charge >= 0.3 is 0 Å². The summed E-state index contributed by atoms with van der Waals surface area (Å²) in [5.41, 5.74) is 7.41. The number of nitrogens with two attached hydrogens (primary N) is 1. The Bertz CT molecular complexity index is 724. The molecule has 0 radical (unpaired) electrons. The zero-order valence-corrected chi connectivity index (χ0v) is 12.6. The number of rotatable bonds is 3. The summed E-state index contributed by atoms with van der Waals surface area (Å²) in [4.78, 5) is 12.5. The van der Waals surface area contributed by atoms with Crippen molar-refractivity contribution in [3.8, 4) is 11.3 Å². The van der Waals surface area contributed by atoms with Crippen LogP contribution in [-0.2, 0) is 0 Å². The second-order valence-corrected chi connectivity index (χ2v) is 4.33. The highest BCUT2D eigenvalue weighted by Gasteiger charge is 2.02. The first-order valence-corrected chi connectivity index (χ1v) is 6.86. The lowest BCUT2D eigenvalue weighted by atomic mass is 10.2. The van der Waals surface area contributed by atoms with E-state index in [4.69, 9.17) is 4.42 Å². The third-order valence-corrected chi connectivity index (χ3v) is 2.84. The van der Waals surface area contributed by atoms with E-state index in [1.165, 1.54) is 7.05 Å². The van der Waals surface area contributed by atoms with E-state index in [0.29, 0.717) is 5.89 Å². The predicted molar refractivity (Wildman–Crippen MR) is 90.4 cm³/mol. The zero-order valence-electron chi connectivity index (χ0n) is 12.6. The average molecular weight is 296 g/mol. The molecule has 22 heavy (non-hydrogen) atoms. The fourth-order valence-electron chi connectivity index (χ4n) is 1.81. The maximum absolute atomic E-state index is 5.48. The summed E-state index contributed by atoms with van der Waals surface area (Å²) in [7, 11) is 1.50. The summed E-state index contributed by atoms with van der Waals surface area (Å²) in [6.07, 6.45) is 7.03. The lowest BCUT2D eigenvalue weighted by Gasteiger charge is -1.97. The molecule has 0 spiro atoms. The van der Waals surface area contributed by atoms with Gasteiger partial charge in [0.05, 0.1) is 11.9 Å². The van der Waals surface area contributed by atoms with E-state index in [1.54, 1.807) is 18.6 Å². The van der Waals surface area contributed by atoms with E-state index in [0.717, 1.165) is 22.6 Å². The van der Waals surface area contributed by atoms with E-state index in [1.807, 2.05) is 49.5 Å². The lowest BCUT2D eigenvalue weighted by Crippen LogP contribution is -1.80. The molecule has 2 heterocycles. The summed E-state index contributed by atoms with van der Waals surface area (Å²) in [5, 5.41) is 0. The average Bonchev–Trinajstić information content (AvgIpc) is 3.03. The van der Waals surface area contributed by atoms with Crippen molar-refractivity contribution in [2.45, 2.75) is 6.92 Å². The number of nitrogens with zero attached hydrogens (tertiary/aromatic N) is 3.